The maximum absolute atomic E-state index is 12.3. The van der Waals surface area contributed by atoms with Gasteiger partial charge in [0.05, 0.1) is 0 Å². The van der Waals surface area contributed by atoms with E-state index in [1.807, 2.05) is 24.3 Å². The summed E-state index contributed by atoms with van der Waals surface area (Å²) in [6.45, 7) is 0. The van der Waals surface area contributed by atoms with Crippen LogP contribution in [0.25, 0.3) is 25.8 Å². The summed E-state index contributed by atoms with van der Waals surface area (Å²) in [6.07, 6.45) is 0. The van der Waals surface area contributed by atoms with E-state index >= 15 is 0 Å². The molecule has 19 heavy (non-hydrogen) atoms. The van der Waals surface area contributed by atoms with Crippen molar-refractivity contribution in [3.63, 3.8) is 0 Å². The molecule has 0 spiro atoms. The monoisotopic (exact) mass is 316 g/mol. The van der Waals surface area contributed by atoms with Crippen molar-refractivity contribution in [1.82, 2.24) is 3.56 Å². The van der Waals surface area contributed by atoms with Gasteiger partial charge in [-0.3, -0.25) is 0 Å². The molecule has 0 saturated heterocycles. The fourth-order valence-corrected chi connectivity index (χ4v) is 3.94. The van der Waals surface area contributed by atoms with E-state index in [0.717, 1.165) is 15.3 Å². The van der Waals surface area contributed by atoms with Crippen molar-refractivity contribution in [2.75, 3.05) is 0 Å². The molecule has 3 aromatic rings. The van der Waals surface area contributed by atoms with Gasteiger partial charge in [0.25, 0.3) is 0 Å². The third-order valence-corrected chi connectivity index (χ3v) is 5.07. The van der Waals surface area contributed by atoms with E-state index in [4.69, 9.17) is 5.53 Å². The number of nitrogens with zero attached hydrogens (tertiary/aromatic N) is 4. The Balaban J connectivity index is 2.16. The van der Waals surface area contributed by atoms with Crippen LogP contribution in [-0.4, -0.2) is 18.3 Å². The number of hydrogen-bond donors (Lipinski definition) is 0. The minimum absolute atomic E-state index is 0.0340. The first-order valence-corrected chi connectivity index (χ1v) is 7.18. The topological polar surface area (TPSA) is 70.8 Å². The first-order valence-electron chi connectivity index (χ1n) is 5.56. The quantitative estimate of drug-likeness (QED) is 0.310. The standard InChI is InChI=1S/C13H8N4OSe/c14-16-15-9-5-7-10(8-6-9)17-13(18)11-3-1-2-4-12(11)19-17/h1-8H. The van der Waals surface area contributed by atoms with Crippen LogP contribution in [0.15, 0.2) is 58.4 Å². The molecule has 0 aliphatic rings. The van der Waals surface area contributed by atoms with Crippen LogP contribution in [0.1, 0.15) is 0 Å². The second-order valence-corrected chi connectivity index (χ2v) is 5.96. The van der Waals surface area contributed by atoms with Gasteiger partial charge in [-0.25, -0.2) is 0 Å². The van der Waals surface area contributed by atoms with Crippen LogP contribution in [0, 0.1) is 0 Å². The molecule has 0 aliphatic carbocycles. The van der Waals surface area contributed by atoms with Crippen molar-refractivity contribution in [1.29, 1.82) is 0 Å². The van der Waals surface area contributed by atoms with Gasteiger partial charge >= 0.3 is 114 Å². The number of rotatable bonds is 2. The van der Waals surface area contributed by atoms with Gasteiger partial charge < -0.3 is 0 Å². The normalized spacial score (nSPS) is 10.3. The first kappa shape index (κ1) is 11.8. The van der Waals surface area contributed by atoms with E-state index in [-0.39, 0.29) is 20.3 Å². The molecule has 5 nitrogen and oxygen atoms in total. The fourth-order valence-electron chi connectivity index (χ4n) is 1.85. The Morgan fingerprint density at radius 1 is 1.11 bits per heavy atom. The van der Waals surface area contributed by atoms with E-state index in [1.54, 1.807) is 27.8 Å². The van der Waals surface area contributed by atoms with Crippen molar-refractivity contribution in [2.45, 2.75) is 0 Å². The van der Waals surface area contributed by atoms with Crippen molar-refractivity contribution in [2.24, 2.45) is 5.11 Å². The van der Waals surface area contributed by atoms with E-state index in [1.165, 1.54) is 0 Å². The summed E-state index contributed by atoms with van der Waals surface area (Å²) >= 11 is -0.0340. The van der Waals surface area contributed by atoms with Gasteiger partial charge in [-0.2, -0.15) is 0 Å². The van der Waals surface area contributed by atoms with Crippen LogP contribution >= 0.6 is 0 Å². The third-order valence-electron chi connectivity index (χ3n) is 2.74. The van der Waals surface area contributed by atoms with Gasteiger partial charge in [-0.05, 0) is 0 Å². The number of benzene rings is 2. The zero-order valence-corrected chi connectivity index (χ0v) is 11.4. The Hall–Kier alpha value is -2.26. The molecule has 0 N–H and O–H groups in total. The Morgan fingerprint density at radius 2 is 1.84 bits per heavy atom. The summed E-state index contributed by atoms with van der Waals surface area (Å²) in [5.41, 5.74) is 9.77. The molecule has 0 saturated carbocycles. The Morgan fingerprint density at radius 3 is 2.53 bits per heavy atom. The summed E-state index contributed by atoms with van der Waals surface area (Å²) in [4.78, 5) is 15.0. The molecule has 0 aliphatic heterocycles. The third kappa shape index (κ3) is 2.09. The van der Waals surface area contributed by atoms with E-state index in [2.05, 4.69) is 10.0 Å². The number of hydrogen-bond acceptors (Lipinski definition) is 2. The van der Waals surface area contributed by atoms with Gasteiger partial charge in [-0.1, -0.05) is 0 Å². The van der Waals surface area contributed by atoms with Gasteiger partial charge in [0.15, 0.2) is 0 Å². The number of fused-ring (bicyclic) bond motifs is 1. The second kappa shape index (κ2) is 4.78. The zero-order valence-electron chi connectivity index (χ0n) is 9.72. The first-order chi connectivity index (χ1) is 9.29. The van der Waals surface area contributed by atoms with Gasteiger partial charge in [-0.15, -0.1) is 0 Å². The molecule has 92 valence electrons. The van der Waals surface area contributed by atoms with Crippen LogP contribution in [0.4, 0.5) is 5.69 Å². The van der Waals surface area contributed by atoms with Crippen molar-refractivity contribution < 1.29 is 0 Å². The predicted molar refractivity (Wildman–Crippen MR) is 75.3 cm³/mol. The molecule has 0 atom stereocenters. The summed E-state index contributed by atoms with van der Waals surface area (Å²) in [7, 11) is 0. The summed E-state index contributed by atoms with van der Waals surface area (Å²) in [5.74, 6) is 0. The SMILES string of the molecule is [N-]=[N+]=Nc1ccc(-n2[se]c3ccccc3c2=O)cc1. The molecular formula is C13H8N4OSe. The van der Waals surface area contributed by atoms with E-state index < -0.39 is 0 Å². The number of azide groups is 1. The molecule has 1 aromatic heterocycles. The van der Waals surface area contributed by atoms with Gasteiger partial charge in [0.2, 0.25) is 0 Å². The van der Waals surface area contributed by atoms with Crippen molar-refractivity contribution in [3.05, 3.63) is 69.3 Å². The molecule has 0 unspecified atom stereocenters. The fraction of sp³-hybridized carbons (Fsp3) is 0. The molecule has 0 radical (unpaired) electrons. The predicted octanol–water partition coefficient (Wildman–Crippen LogP) is 2.99. The van der Waals surface area contributed by atoms with Crippen LogP contribution in [0.3, 0.4) is 0 Å². The molecule has 6 heteroatoms. The van der Waals surface area contributed by atoms with Crippen LogP contribution in [0.5, 0.6) is 0 Å². The summed E-state index contributed by atoms with van der Waals surface area (Å²) < 4.78 is 2.87. The van der Waals surface area contributed by atoms with Crippen LogP contribution < -0.4 is 5.56 Å². The molecular weight excluding hydrogens is 307 g/mol. The van der Waals surface area contributed by atoms with Crippen molar-refractivity contribution in [3.8, 4) is 5.69 Å². The zero-order chi connectivity index (χ0) is 13.2. The van der Waals surface area contributed by atoms with Gasteiger partial charge in [0, 0.05) is 0 Å². The Kier molecular flexibility index (Phi) is 2.97. The average molecular weight is 315 g/mol. The molecule has 0 amide bonds. The Bertz CT molecular complexity index is 841. The number of aromatic nitrogens is 1. The van der Waals surface area contributed by atoms with Crippen LogP contribution in [-0.2, 0) is 0 Å². The molecule has 0 fully saturated rings. The second-order valence-electron chi connectivity index (χ2n) is 3.89. The van der Waals surface area contributed by atoms with E-state index in [9.17, 15) is 4.79 Å². The molecule has 0 bridgehead atoms. The van der Waals surface area contributed by atoms with Crippen LogP contribution in [0.2, 0.25) is 0 Å². The summed E-state index contributed by atoms with van der Waals surface area (Å²) in [5, 5.41) is 4.29. The van der Waals surface area contributed by atoms with E-state index in [0.29, 0.717) is 5.69 Å². The summed E-state index contributed by atoms with van der Waals surface area (Å²) in [6, 6.07) is 14.7. The maximum atomic E-state index is 12.3. The van der Waals surface area contributed by atoms with Gasteiger partial charge in [0.1, 0.15) is 0 Å². The molecule has 3 rings (SSSR count). The Labute approximate surface area is 114 Å². The minimum atomic E-state index is -0.0340. The molecule has 2 aromatic carbocycles. The van der Waals surface area contributed by atoms with Crippen molar-refractivity contribution >= 4 is 30.1 Å². The average Bonchev–Trinajstić information content (AvgIpc) is 2.78. The molecule has 1 heterocycles.